The zero-order chi connectivity index (χ0) is 25.3. The number of aliphatic hydroxyl groups excluding tert-OH is 1. The minimum Gasteiger partial charge on any atom is -0.392 e. The van der Waals surface area contributed by atoms with Crippen molar-refractivity contribution >= 4 is 27.3 Å². The predicted molar refractivity (Wildman–Crippen MR) is 136 cm³/mol. The van der Waals surface area contributed by atoms with Gasteiger partial charge in [-0.05, 0) is 43.7 Å². The molecule has 0 bridgehead atoms. The van der Waals surface area contributed by atoms with Crippen LogP contribution in [-0.4, -0.2) is 78.1 Å². The number of nitrogens with one attached hydrogen (secondary N) is 1. The zero-order valence-corrected chi connectivity index (χ0v) is 22.0. The molecule has 1 unspecified atom stereocenters. The van der Waals surface area contributed by atoms with E-state index in [-0.39, 0.29) is 30.9 Å². The van der Waals surface area contributed by atoms with E-state index in [0.29, 0.717) is 19.6 Å². The van der Waals surface area contributed by atoms with Gasteiger partial charge >= 0.3 is 0 Å². The number of aromatic nitrogens is 1. The number of ether oxygens (including phenoxy) is 2. The third-order valence-electron chi connectivity index (χ3n) is 7.46. The molecule has 9 nitrogen and oxygen atoms in total. The number of aliphatic hydroxyl groups is 1. The van der Waals surface area contributed by atoms with Gasteiger partial charge in [0, 0.05) is 32.7 Å². The normalized spacial score (nSPS) is 26.4. The minimum atomic E-state index is -3.79. The highest BCUT2D eigenvalue weighted by molar-refractivity contribution is 7.89. The Bertz CT molecular complexity index is 1180. The molecule has 3 aliphatic heterocycles. The van der Waals surface area contributed by atoms with Crippen LogP contribution in [0.3, 0.4) is 0 Å². The molecular formula is C25H33N3O6S2. The van der Waals surface area contributed by atoms with E-state index >= 15 is 0 Å². The van der Waals surface area contributed by atoms with Crippen molar-refractivity contribution in [2.45, 2.75) is 69.4 Å². The fourth-order valence-corrected chi connectivity index (χ4v) is 8.12. The first kappa shape index (κ1) is 25.7. The number of rotatable bonds is 7. The SMILES string of the molecule is Cc1ncsc1-c1ccc(CNC(=O)[C@@H]2C[C@@H](O)CN2S(=O)(=O)CC2CCC3(CCOCC3)O2)cc1. The van der Waals surface area contributed by atoms with Crippen LogP contribution < -0.4 is 5.32 Å². The lowest BCUT2D eigenvalue weighted by atomic mass is 9.91. The Morgan fingerprint density at radius 2 is 2.00 bits per heavy atom. The molecule has 1 spiro atoms. The van der Waals surface area contributed by atoms with Gasteiger partial charge < -0.3 is 19.9 Å². The van der Waals surface area contributed by atoms with Crippen molar-refractivity contribution in [3.05, 3.63) is 41.0 Å². The summed E-state index contributed by atoms with van der Waals surface area (Å²) in [4.78, 5) is 18.4. The molecular weight excluding hydrogens is 502 g/mol. The molecule has 1 amide bonds. The summed E-state index contributed by atoms with van der Waals surface area (Å²) in [5.74, 6) is -0.573. The average Bonchev–Trinajstić information content (AvgIpc) is 3.57. The molecule has 0 radical (unpaired) electrons. The topological polar surface area (TPSA) is 118 Å². The van der Waals surface area contributed by atoms with E-state index in [1.165, 1.54) is 4.31 Å². The molecule has 2 N–H and O–H groups in total. The summed E-state index contributed by atoms with van der Waals surface area (Å²) in [5.41, 5.74) is 4.49. The molecule has 2 aromatic rings. The monoisotopic (exact) mass is 535 g/mol. The standard InChI is InChI=1S/C25H33N3O6S2/c1-17-23(35-16-27-17)19-4-2-18(3-5-19)13-26-24(30)22-12-20(29)14-28(22)36(31,32)15-21-6-7-25(34-21)8-10-33-11-9-25/h2-5,16,20-22,29H,6-15H2,1H3,(H,26,30)/t20-,21?,22+/m1/s1. The van der Waals surface area contributed by atoms with Crippen LogP contribution in [0.25, 0.3) is 10.4 Å². The first-order valence-corrected chi connectivity index (χ1v) is 14.9. The van der Waals surface area contributed by atoms with E-state index in [1.54, 1.807) is 11.3 Å². The maximum Gasteiger partial charge on any atom is 0.238 e. The number of thiazole rings is 1. The quantitative estimate of drug-likeness (QED) is 0.558. The van der Waals surface area contributed by atoms with Crippen molar-refractivity contribution in [2.75, 3.05) is 25.5 Å². The van der Waals surface area contributed by atoms with Crippen molar-refractivity contribution in [3.8, 4) is 10.4 Å². The number of hydrogen-bond acceptors (Lipinski definition) is 8. The van der Waals surface area contributed by atoms with Crippen molar-refractivity contribution in [1.29, 1.82) is 0 Å². The van der Waals surface area contributed by atoms with Gasteiger partial charge in [0.25, 0.3) is 0 Å². The molecule has 36 heavy (non-hydrogen) atoms. The molecule has 3 atom stereocenters. The number of aryl methyl sites for hydroxylation is 1. The van der Waals surface area contributed by atoms with Crippen LogP contribution >= 0.6 is 11.3 Å². The number of sulfonamides is 1. The Labute approximate surface area is 215 Å². The highest BCUT2D eigenvalue weighted by atomic mass is 32.2. The minimum absolute atomic E-state index is 0.0744. The predicted octanol–water partition coefficient (Wildman–Crippen LogP) is 2.23. The lowest BCUT2D eigenvalue weighted by Crippen LogP contribution is -2.47. The van der Waals surface area contributed by atoms with Crippen molar-refractivity contribution < 1.29 is 27.8 Å². The maximum atomic E-state index is 13.3. The summed E-state index contributed by atoms with van der Waals surface area (Å²) in [6.45, 7) is 3.44. The number of hydrogen-bond donors (Lipinski definition) is 2. The van der Waals surface area contributed by atoms with Gasteiger partial charge in [0.15, 0.2) is 0 Å². The Hall–Kier alpha value is -1.89. The summed E-state index contributed by atoms with van der Waals surface area (Å²) in [6.07, 6.45) is 1.86. The van der Waals surface area contributed by atoms with Crippen LogP contribution in [0, 0.1) is 6.92 Å². The molecule has 1 aromatic heterocycles. The highest BCUT2D eigenvalue weighted by Crippen LogP contribution is 2.39. The van der Waals surface area contributed by atoms with Crippen LogP contribution in [0.2, 0.25) is 0 Å². The molecule has 1 aromatic carbocycles. The van der Waals surface area contributed by atoms with Gasteiger partial charge in [-0.25, -0.2) is 13.4 Å². The summed E-state index contributed by atoms with van der Waals surface area (Å²) in [7, 11) is -3.79. The third-order valence-corrected chi connectivity index (χ3v) is 10.3. The molecule has 11 heteroatoms. The number of carbonyl (C=O) groups is 1. The van der Waals surface area contributed by atoms with Crippen LogP contribution in [0.15, 0.2) is 29.8 Å². The van der Waals surface area contributed by atoms with Crippen LogP contribution in [0.1, 0.15) is 43.4 Å². The van der Waals surface area contributed by atoms with Crippen molar-refractivity contribution in [3.63, 3.8) is 0 Å². The Morgan fingerprint density at radius 3 is 2.69 bits per heavy atom. The highest BCUT2D eigenvalue weighted by Gasteiger charge is 2.47. The Balaban J connectivity index is 1.19. The van der Waals surface area contributed by atoms with Crippen molar-refractivity contribution in [2.24, 2.45) is 0 Å². The van der Waals surface area contributed by atoms with Gasteiger partial charge in [0.1, 0.15) is 6.04 Å². The van der Waals surface area contributed by atoms with E-state index < -0.39 is 34.2 Å². The van der Waals surface area contributed by atoms with Crippen molar-refractivity contribution in [1.82, 2.24) is 14.6 Å². The zero-order valence-electron chi connectivity index (χ0n) is 20.4. The molecule has 0 saturated carbocycles. The number of amides is 1. The van der Waals surface area contributed by atoms with Gasteiger partial charge in [0.05, 0.1) is 39.6 Å². The summed E-state index contributed by atoms with van der Waals surface area (Å²) >= 11 is 1.58. The van der Waals surface area contributed by atoms with E-state index in [4.69, 9.17) is 9.47 Å². The van der Waals surface area contributed by atoms with Gasteiger partial charge in [-0.1, -0.05) is 24.3 Å². The maximum absolute atomic E-state index is 13.3. The summed E-state index contributed by atoms with van der Waals surface area (Å²) < 4.78 is 39.4. The molecule has 3 saturated heterocycles. The van der Waals surface area contributed by atoms with Crippen LogP contribution in [-0.2, 0) is 30.8 Å². The van der Waals surface area contributed by atoms with E-state index in [9.17, 15) is 18.3 Å². The first-order valence-electron chi connectivity index (χ1n) is 12.4. The van der Waals surface area contributed by atoms with Gasteiger partial charge in [0.2, 0.25) is 15.9 Å². The third kappa shape index (κ3) is 5.51. The molecule has 3 aliphatic rings. The molecule has 5 rings (SSSR count). The van der Waals surface area contributed by atoms with E-state index in [1.807, 2.05) is 36.7 Å². The van der Waals surface area contributed by atoms with E-state index in [2.05, 4.69) is 10.3 Å². The average molecular weight is 536 g/mol. The number of β-amino-alcohol motifs (C(OH)–C–C–N with tert-alkyl or cyclic N) is 1. The lowest BCUT2D eigenvalue weighted by molar-refractivity contribution is -0.124. The second-order valence-electron chi connectivity index (χ2n) is 10.0. The fraction of sp³-hybridized carbons (Fsp3) is 0.600. The van der Waals surface area contributed by atoms with E-state index in [0.717, 1.165) is 41.0 Å². The molecule has 3 fully saturated rings. The number of nitrogens with zero attached hydrogens (tertiary/aromatic N) is 2. The van der Waals surface area contributed by atoms with Crippen LogP contribution in [0.4, 0.5) is 0 Å². The van der Waals surface area contributed by atoms with Crippen LogP contribution in [0.5, 0.6) is 0 Å². The second-order valence-corrected chi connectivity index (χ2v) is 12.8. The molecule has 0 aliphatic carbocycles. The van der Waals surface area contributed by atoms with Gasteiger partial charge in [-0.15, -0.1) is 11.3 Å². The Morgan fingerprint density at radius 1 is 1.25 bits per heavy atom. The first-order chi connectivity index (χ1) is 17.2. The summed E-state index contributed by atoms with van der Waals surface area (Å²) in [6, 6.07) is 6.94. The van der Waals surface area contributed by atoms with Gasteiger partial charge in [-0.3, -0.25) is 4.79 Å². The second kappa shape index (κ2) is 10.5. The summed E-state index contributed by atoms with van der Waals surface area (Å²) in [5, 5.41) is 13.1. The Kier molecular flexibility index (Phi) is 7.49. The number of benzene rings is 1. The fourth-order valence-electron chi connectivity index (χ4n) is 5.44. The largest absolute Gasteiger partial charge is 0.392 e. The van der Waals surface area contributed by atoms with Gasteiger partial charge in [-0.2, -0.15) is 4.31 Å². The number of carbonyl (C=O) groups excluding carboxylic acids is 1. The lowest BCUT2D eigenvalue weighted by Gasteiger charge is -2.33. The smallest absolute Gasteiger partial charge is 0.238 e. The molecule has 196 valence electrons. The molecule has 4 heterocycles.